The van der Waals surface area contributed by atoms with E-state index < -0.39 is 4.92 Å². The van der Waals surface area contributed by atoms with Crippen molar-refractivity contribution in [2.24, 2.45) is 0 Å². The summed E-state index contributed by atoms with van der Waals surface area (Å²) in [6.45, 7) is 3.96. The van der Waals surface area contributed by atoms with Gasteiger partial charge in [0.2, 0.25) is 6.79 Å². The van der Waals surface area contributed by atoms with E-state index in [1.807, 2.05) is 0 Å². The first-order valence-corrected chi connectivity index (χ1v) is 7.37. The van der Waals surface area contributed by atoms with E-state index in [-0.39, 0.29) is 24.7 Å². The number of hydrogen-bond acceptors (Lipinski definition) is 6. The summed E-state index contributed by atoms with van der Waals surface area (Å²) in [5, 5.41) is 11.0. The maximum absolute atomic E-state index is 12.9. The van der Waals surface area contributed by atoms with Gasteiger partial charge in [-0.15, -0.1) is 6.58 Å². The Morgan fingerprint density at radius 3 is 2.88 bits per heavy atom. The molecule has 1 aliphatic rings. The highest BCUT2D eigenvalue weighted by Crippen LogP contribution is 2.34. The predicted octanol–water partition coefficient (Wildman–Crippen LogP) is 2.01. The second kappa shape index (κ2) is 5.48. The van der Waals surface area contributed by atoms with Crippen LogP contribution in [0.2, 0.25) is 0 Å². The first kappa shape index (κ1) is 14.9. The predicted molar refractivity (Wildman–Crippen MR) is 88.3 cm³/mol. The summed E-state index contributed by atoms with van der Waals surface area (Å²) in [7, 11) is 0. The standard InChI is InChI=1S/C16H12N4O5/c1-2-5-18-12-6-11(20(22)23)8-17-15(12)19(16(18)21)10-3-4-13-14(7-10)25-9-24-13/h2-4,6-8H,1,5,9H2. The van der Waals surface area contributed by atoms with E-state index in [0.29, 0.717) is 28.4 Å². The smallest absolute Gasteiger partial charge is 0.335 e. The quantitative estimate of drug-likeness (QED) is 0.409. The number of nitro groups is 1. The molecular formula is C16H12N4O5. The van der Waals surface area contributed by atoms with Crippen molar-refractivity contribution in [1.82, 2.24) is 14.1 Å². The Labute approximate surface area is 140 Å². The second-order valence-corrected chi connectivity index (χ2v) is 5.35. The maximum atomic E-state index is 12.9. The Bertz CT molecular complexity index is 1080. The van der Waals surface area contributed by atoms with Gasteiger partial charge in [0.15, 0.2) is 17.1 Å². The SMILES string of the molecule is C=CCn1c(=O)n(-c2ccc3c(c2)OCO3)c2ncc([N+](=O)[O-])cc21. The lowest BCUT2D eigenvalue weighted by Gasteiger charge is -2.04. The van der Waals surface area contributed by atoms with Crippen molar-refractivity contribution in [1.29, 1.82) is 0 Å². The summed E-state index contributed by atoms with van der Waals surface area (Å²) in [5.74, 6) is 1.12. The number of pyridine rings is 1. The van der Waals surface area contributed by atoms with Crippen LogP contribution >= 0.6 is 0 Å². The Hall–Kier alpha value is -3.62. The third-order valence-corrected chi connectivity index (χ3v) is 3.89. The molecule has 3 heterocycles. The largest absolute Gasteiger partial charge is 0.454 e. The first-order valence-electron chi connectivity index (χ1n) is 7.37. The molecule has 0 N–H and O–H groups in total. The van der Waals surface area contributed by atoms with Crippen LogP contribution in [-0.4, -0.2) is 25.8 Å². The zero-order valence-electron chi connectivity index (χ0n) is 12.9. The molecule has 9 nitrogen and oxygen atoms in total. The fourth-order valence-electron chi connectivity index (χ4n) is 2.78. The van der Waals surface area contributed by atoms with Crippen LogP contribution in [0.3, 0.4) is 0 Å². The van der Waals surface area contributed by atoms with Crippen LogP contribution in [0.4, 0.5) is 5.69 Å². The Morgan fingerprint density at radius 2 is 2.12 bits per heavy atom. The third-order valence-electron chi connectivity index (χ3n) is 3.89. The molecule has 0 spiro atoms. The lowest BCUT2D eigenvalue weighted by Crippen LogP contribution is -2.22. The highest BCUT2D eigenvalue weighted by molar-refractivity contribution is 5.76. The van der Waals surface area contributed by atoms with Gasteiger partial charge in [0.1, 0.15) is 6.20 Å². The normalized spacial score (nSPS) is 12.5. The summed E-state index contributed by atoms with van der Waals surface area (Å²) in [6.07, 6.45) is 2.67. The van der Waals surface area contributed by atoms with Gasteiger partial charge < -0.3 is 9.47 Å². The second-order valence-electron chi connectivity index (χ2n) is 5.35. The number of aromatic nitrogens is 3. The van der Waals surface area contributed by atoms with E-state index >= 15 is 0 Å². The van der Waals surface area contributed by atoms with Crippen LogP contribution in [0.15, 0.2) is 47.9 Å². The molecule has 126 valence electrons. The van der Waals surface area contributed by atoms with E-state index in [2.05, 4.69) is 11.6 Å². The molecule has 4 rings (SSSR count). The minimum Gasteiger partial charge on any atom is -0.454 e. The molecule has 25 heavy (non-hydrogen) atoms. The molecule has 1 aliphatic heterocycles. The monoisotopic (exact) mass is 340 g/mol. The molecule has 1 aromatic carbocycles. The summed E-state index contributed by atoms with van der Waals surface area (Å²) < 4.78 is 13.4. The minimum absolute atomic E-state index is 0.121. The van der Waals surface area contributed by atoms with Crippen molar-refractivity contribution in [2.45, 2.75) is 6.54 Å². The molecule has 0 fully saturated rings. The summed E-state index contributed by atoms with van der Waals surface area (Å²) in [6, 6.07) is 6.41. The van der Waals surface area contributed by atoms with Gasteiger partial charge in [-0.1, -0.05) is 6.08 Å². The van der Waals surface area contributed by atoms with Gasteiger partial charge in [-0.05, 0) is 12.1 Å². The molecule has 3 aromatic rings. The lowest BCUT2D eigenvalue weighted by molar-refractivity contribution is -0.385. The van der Waals surface area contributed by atoms with Crippen LogP contribution in [0.25, 0.3) is 16.9 Å². The molecule has 0 radical (unpaired) electrons. The van der Waals surface area contributed by atoms with Crippen molar-refractivity contribution >= 4 is 16.9 Å². The van der Waals surface area contributed by atoms with Crippen molar-refractivity contribution in [2.75, 3.05) is 6.79 Å². The fraction of sp³-hybridized carbons (Fsp3) is 0.125. The number of fused-ring (bicyclic) bond motifs is 2. The fourth-order valence-corrected chi connectivity index (χ4v) is 2.78. The number of benzene rings is 1. The van der Waals surface area contributed by atoms with E-state index in [4.69, 9.17) is 9.47 Å². The van der Waals surface area contributed by atoms with Crippen LogP contribution in [0.1, 0.15) is 0 Å². The van der Waals surface area contributed by atoms with Crippen molar-refractivity contribution < 1.29 is 14.4 Å². The minimum atomic E-state index is -0.549. The summed E-state index contributed by atoms with van der Waals surface area (Å²) in [4.78, 5) is 27.5. The zero-order valence-corrected chi connectivity index (χ0v) is 12.9. The zero-order chi connectivity index (χ0) is 17.6. The van der Waals surface area contributed by atoms with E-state index in [9.17, 15) is 14.9 Å². The van der Waals surface area contributed by atoms with Crippen LogP contribution < -0.4 is 15.2 Å². The lowest BCUT2D eigenvalue weighted by atomic mass is 10.2. The van der Waals surface area contributed by atoms with Crippen LogP contribution in [-0.2, 0) is 6.54 Å². The van der Waals surface area contributed by atoms with Crippen LogP contribution in [0, 0.1) is 10.1 Å². The molecule has 0 amide bonds. The first-order chi connectivity index (χ1) is 12.1. The maximum Gasteiger partial charge on any atom is 0.335 e. The summed E-state index contributed by atoms with van der Waals surface area (Å²) in [5.41, 5.74) is 0.645. The number of nitrogens with zero attached hydrogens (tertiary/aromatic N) is 4. The van der Waals surface area contributed by atoms with Crippen molar-refractivity contribution in [3.05, 3.63) is 63.7 Å². The van der Waals surface area contributed by atoms with E-state index in [1.54, 1.807) is 24.3 Å². The number of rotatable bonds is 4. The molecule has 0 saturated carbocycles. The molecule has 0 unspecified atom stereocenters. The summed E-state index contributed by atoms with van der Waals surface area (Å²) >= 11 is 0. The van der Waals surface area contributed by atoms with Gasteiger partial charge in [-0.25, -0.2) is 14.3 Å². The Morgan fingerprint density at radius 1 is 1.32 bits per heavy atom. The molecule has 9 heteroatoms. The number of hydrogen-bond donors (Lipinski definition) is 0. The number of imidazole rings is 1. The van der Waals surface area contributed by atoms with Gasteiger partial charge in [-0.2, -0.15) is 0 Å². The molecule has 0 saturated heterocycles. The topological polar surface area (TPSA) is 101 Å². The third kappa shape index (κ3) is 2.24. The number of allylic oxidation sites excluding steroid dienone is 1. The molecule has 0 bridgehead atoms. The van der Waals surface area contributed by atoms with Gasteiger partial charge in [0.05, 0.1) is 16.1 Å². The molecule has 0 aliphatic carbocycles. The highest BCUT2D eigenvalue weighted by Gasteiger charge is 2.21. The molecule has 2 aromatic heterocycles. The van der Waals surface area contributed by atoms with Gasteiger partial charge >= 0.3 is 5.69 Å². The average Bonchev–Trinajstić information content (AvgIpc) is 3.17. The molecule has 0 atom stereocenters. The molecular weight excluding hydrogens is 328 g/mol. The van der Waals surface area contributed by atoms with Crippen molar-refractivity contribution in [3.8, 4) is 17.2 Å². The average molecular weight is 340 g/mol. The highest BCUT2D eigenvalue weighted by atomic mass is 16.7. The Balaban J connectivity index is 2.00. The van der Waals surface area contributed by atoms with Gasteiger partial charge in [0, 0.05) is 18.7 Å². The van der Waals surface area contributed by atoms with Crippen molar-refractivity contribution in [3.63, 3.8) is 0 Å². The van der Waals surface area contributed by atoms with Crippen LogP contribution in [0.5, 0.6) is 11.5 Å². The van der Waals surface area contributed by atoms with Gasteiger partial charge in [-0.3, -0.25) is 14.7 Å². The Kier molecular flexibility index (Phi) is 3.27. The number of ether oxygens (including phenoxy) is 2. The van der Waals surface area contributed by atoms with Gasteiger partial charge in [0.25, 0.3) is 5.69 Å². The van der Waals surface area contributed by atoms with E-state index in [0.717, 1.165) is 6.20 Å². The van der Waals surface area contributed by atoms with E-state index in [1.165, 1.54) is 15.2 Å².